The van der Waals surface area contributed by atoms with Crippen LogP contribution in [-0.2, 0) is 6.54 Å². The zero-order valence-electron chi connectivity index (χ0n) is 11.6. The van der Waals surface area contributed by atoms with E-state index in [9.17, 15) is 17.6 Å². The molecule has 20 heavy (non-hydrogen) atoms. The summed E-state index contributed by atoms with van der Waals surface area (Å²) in [4.78, 5) is 5.30. The first-order chi connectivity index (χ1) is 9.33. The first-order valence-electron chi connectivity index (χ1n) is 6.46. The monoisotopic (exact) mass is 293 g/mol. The SMILES string of the molecule is CCCNCc1cc(F)cnc1N(C)CCC(F)(F)F. The summed E-state index contributed by atoms with van der Waals surface area (Å²) in [5.41, 5.74) is 0.558. The minimum absolute atomic E-state index is 0.205. The molecule has 3 nitrogen and oxygen atoms in total. The van der Waals surface area contributed by atoms with Gasteiger partial charge >= 0.3 is 6.18 Å². The first-order valence-corrected chi connectivity index (χ1v) is 6.46. The van der Waals surface area contributed by atoms with Gasteiger partial charge in [0.15, 0.2) is 0 Å². The van der Waals surface area contributed by atoms with Gasteiger partial charge in [-0.3, -0.25) is 0 Å². The van der Waals surface area contributed by atoms with Crippen molar-refractivity contribution in [2.24, 2.45) is 0 Å². The van der Waals surface area contributed by atoms with Crippen molar-refractivity contribution in [3.05, 3.63) is 23.6 Å². The fraction of sp³-hybridized carbons (Fsp3) is 0.615. The van der Waals surface area contributed by atoms with Crippen molar-refractivity contribution >= 4 is 5.82 Å². The van der Waals surface area contributed by atoms with Crippen LogP contribution in [0.5, 0.6) is 0 Å². The molecular formula is C13H19F4N3. The molecule has 114 valence electrons. The molecule has 0 saturated carbocycles. The van der Waals surface area contributed by atoms with E-state index in [0.29, 0.717) is 17.9 Å². The summed E-state index contributed by atoms with van der Waals surface area (Å²) in [6.07, 6.45) is -3.20. The van der Waals surface area contributed by atoms with Gasteiger partial charge in [0.05, 0.1) is 12.6 Å². The third-order valence-corrected chi connectivity index (χ3v) is 2.74. The molecule has 0 unspecified atom stereocenters. The van der Waals surface area contributed by atoms with E-state index in [1.165, 1.54) is 18.0 Å². The Bertz CT molecular complexity index is 421. The molecule has 1 aromatic rings. The highest BCUT2D eigenvalue weighted by Gasteiger charge is 2.27. The number of nitrogens with zero attached hydrogens (tertiary/aromatic N) is 2. The zero-order valence-corrected chi connectivity index (χ0v) is 11.6. The van der Waals surface area contributed by atoms with Gasteiger partial charge in [0.2, 0.25) is 0 Å². The molecule has 7 heteroatoms. The second kappa shape index (κ2) is 7.42. The fourth-order valence-electron chi connectivity index (χ4n) is 1.75. The molecule has 0 radical (unpaired) electrons. The summed E-state index contributed by atoms with van der Waals surface area (Å²) in [6.45, 7) is 2.92. The highest BCUT2D eigenvalue weighted by atomic mass is 19.4. The lowest BCUT2D eigenvalue weighted by molar-refractivity contribution is -0.132. The van der Waals surface area contributed by atoms with E-state index in [1.54, 1.807) is 0 Å². The first kappa shape index (κ1) is 16.7. The topological polar surface area (TPSA) is 28.2 Å². The van der Waals surface area contributed by atoms with Gasteiger partial charge in [-0.1, -0.05) is 6.92 Å². The molecule has 0 aromatic carbocycles. The largest absolute Gasteiger partial charge is 0.390 e. The Balaban J connectivity index is 2.76. The summed E-state index contributed by atoms with van der Waals surface area (Å²) >= 11 is 0. The second-order valence-corrected chi connectivity index (χ2v) is 4.60. The van der Waals surface area contributed by atoms with Crippen molar-refractivity contribution in [2.75, 3.05) is 25.0 Å². The smallest absolute Gasteiger partial charge is 0.359 e. The van der Waals surface area contributed by atoms with Gasteiger partial charge in [-0.2, -0.15) is 13.2 Å². The quantitative estimate of drug-likeness (QED) is 0.618. The Hall–Kier alpha value is -1.37. The van der Waals surface area contributed by atoms with Crippen molar-refractivity contribution in [1.82, 2.24) is 10.3 Å². The summed E-state index contributed by atoms with van der Waals surface area (Å²) < 4.78 is 49.9. The van der Waals surface area contributed by atoms with Crippen LogP contribution in [-0.4, -0.2) is 31.3 Å². The van der Waals surface area contributed by atoms with E-state index in [-0.39, 0.29) is 6.54 Å². The van der Waals surface area contributed by atoms with Crippen LogP contribution in [0, 0.1) is 5.82 Å². The molecule has 0 amide bonds. The van der Waals surface area contributed by atoms with Crippen LogP contribution < -0.4 is 10.2 Å². The summed E-state index contributed by atoms with van der Waals surface area (Å²) in [5.74, 6) is -0.120. The molecule has 0 aliphatic carbocycles. The Morgan fingerprint density at radius 2 is 2.05 bits per heavy atom. The molecule has 0 aliphatic rings. The number of halogens is 4. The van der Waals surface area contributed by atoms with E-state index in [2.05, 4.69) is 10.3 Å². The average Bonchev–Trinajstić information content (AvgIpc) is 2.36. The maximum Gasteiger partial charge on any atom is 0.390 e. The third kappa shape index (κ3) is 5.73. The number of hydrogen-bond acceptors (Lipinski definition) is 3. The summed E-state index contributed by atoms with van der Waals surface area (Å²) in [7, 11) is 1.52. The summed E-state index contributed by atoms with van der Waals surface area (Å²) in [5, 5.41) is 3.09. The number of nitrogens with one attached hydrogen (secondary N) is 1. The molecule has 0 spiro atoms. The van der Waals surface area contributed by atoms with Gasteiger partial charge < -0.3 is 10.2 Å². The molecule has 0 atom stereocenters. The highest BCUT2D eigenvalue weighted by Crippen LogP contribution is 2.23. The predicted molar refractivity (Wildman–Crippen MR) is 70.1 cm³/mol. The summed E-state index contributed by atoms with van der Waals surface area (Å²) in [6, 6.07) is 1.30. The minimum atomic E-state index is -4.21. The number of anilines is 1. The van der Waals surface area contributed by atoms with Crippen LogP contribution in [0.15, 0.2) is 12.3 Å². The minimum Gasteiger partial charge on any atom is -0.359 e. The second-order valence-electron chi connectivity index (χ2n) is 4.60. The molecule has 1 rings (SSSR count). The standard InChI is InChI=1S/C13H19F4N3/c1-3-5-18-8-10-7-11(14)9-19-12(10)20(2)6-4-13(15,16)17/h7,9,18H,3-6,8H2,1-2H3. The Labute approximate surface area is 116 Å². The van der Waals surface area contributed by atoms with Gasteiger partial charge in [-0.25, -0.2) is 9.37 Å². The van der Waals surface area contributed by atoms with Crippen molar-refractivity contribution in [3.63, 3.8) is 0 Å². The predicted octanol–water partition coefficient (Wildman–Crippen LogP) is 3.11. The number of rotatable bonds is 7. The molecule has 0 bridgehead atoms. The van der Waals surface area contributed by atoms with Crippen LogP contribution in [0.3, 0.4) is 0 Å². The van der Waals surface area contributed by atoms with E-state index in [0.717, 1.165) is 19.2 Å². The molecule has 1 heterocycles. The number of pyridine rings is 1. The van der Waals surface area contributed by atoms with Crippen LogP contribution in [0.2, 0.25) is 0 Å². The van der Waals surface area contributed by atoms with Crippen LogP contribution in [0.4, 0.5) is 23.4 Å². The van der Waals surface area contributed by atoms with Crippen molar-refractivity contribution in [3.8, 4) is 0 Å². The number of hydrogen-bond donors (Lipinski definition) is 1. The van der Waals surface area contributed by atoms with Crippen LogP contribution in [0.25, 0.3) is 0 Å². The number of alkyl halides is 3. The van der Waals surface area contributed by atoms with E-state index in [1.807, 2.05) is 6.92 Å². The normalized spacial score (nSPS) is 11.7. The van der Waals surface area contributed by atoms with Crippen LogP contribution >= 0.6 is 0 Å². The Morgan fingerprint density at radius 3 is 2.65 bits per heavy atom. The van der Waals surface area contributed by atoms with E-state index >= 15 is 0 Å². The van der Waals surface area contributed by atoms with Crippen molar-refractivity contribution in [2.45, 2.75) is 32.5 Å². The molecular weight excluding hydrogens is 274 g/mol. The van der Waals surface area contributed by atoms with E-state index < -0.39 is 18.4 Å². The fourth-order valence-corrected chi connectivity index (χ4v) is 1.75. The van der Waals surface area contributed by atoms with Crippen molar-refractivity contribution < 1.29 is 17.6 Å². The van der Waals surface area contributed by atoms with Gasteiger partial charge in [0.1, 0.15) is 11.6 Å². The average molecular weight is 293 g/mol. The van der Waals surface area contributed by atoms with Crippen molar-refractivity contribution in [1.29, 1.82) is 0 Å². The van der Waals surface area contributed by atoms with Gasteiger partial charge in [-0.05, 0) is 19.0 Å². The highest BCUT2D eigenvalue weighted by molar-refractivity contribution is 5.46. The zero-order chi connectivity index (χ0) is 15.2. The number of aromatic nitrogens is 1. The lowest BCUT2D eigenvalue weighted by atomic mass is 10.2. The Morgan fingerprint density at radius 1 is 1.35 bits per heavy atom. The molecule has 0 saturated heterocycles. The molecule has 1 aromatic heterocycles. The maximum atomic E-state index is 13.2. The van der Waals surface area contributed by atoms with Gasteiger partial charge in [0.25, 0.3) is 0 Å². The van der Waals surface area contributed by atoms with Gasteiger partial charge in [-0.15, -0.1) is 0 Å². The molecule has 0 fully saturated rings. The molecule has 1 N–H and O–H groups in total. The van der Waals surface area contributed by atoms with Crippen LogP contribution in [0.1, 0.15) is 25.3 Å². The lowest BCUT2D eigenvalue weighted by Crippen LogP contribution is -2.27. The molecule has 0 aliphatic heterocycles. The maximum absolute atomic E-state index is 13.2. The van der Waals surface area contributed by atoms with Gasteiger partial charge in [0, 0.05) is 25.7 Å². The Kier molecular flexibility index (Phi) is 6.19. The lowest BCUT2D eigenvalue weighted by Gasteiger charge is -2.22. The third-order valence-electron chi connectivity index (χ3n) is 2.74. The van der Waals surface area contributed by atoms with E-state index in [4.69, 9.17) is 0 Å².